The van der Waals surface area contributed by atoms with Crippen molar-refractivity contribution in [1.82, 2.24) is 4.90 Å². The summed E-state index contributed by atoms with van der Waals surface area (Å²) in [4.78, 5) is 7.39. The molecule has 0 spiro atoms. The van der Waals surface area contributed by atoms with Gasteiger partial charge in [0.25, 0.3) is 0 Å². The lowest BCUT2D eigenvalue weighted by Gasteiger charge is -2.32. The maximum atomic E-state index is 6.03. The fourth-order valence-corrected chi connectivity index (χ4v) is 4.76. The summed E-state index contributed by atoms with van der Waals surface area (Å²) in [5.74, 6) is 1.62. The van der Waals surface area contributed by atoms with Crippen molar-refractivity contribution < 1.29 is 4.74 Å². The minimum atomic E-state index is 0.547. The molecule has 4 heteroatoms. The van der Waals surface area contributed by atoms with Crippen molar-refractivity contribution >= 4 is 11.4 Å². The highest BCUT2D eigenvalue weighted by atomic mass is 16.5. The van der Waals surface area contributed by atoms with Crippen LogP contribution < -0.4 is 14.5 Å². The minimum absolute atomic E-state index is 0.547. The first-order valence-corrected chi connectivity index (χ1v) is 13.0. The Morgan fingerprint density at radius 3 is 2.20 bits per heavy atom. The van der Waals surface area contributed by atoms with Crippen molar-refractivity contribution in [3.05, 3.63) is 90.0 Å². The molecule has 1 fully saturated rings. The first-order valence-electron chi connectivity index (χ1n) is 13.0. The molecule has 0 saturated carbocycles. The molecule has 1 unspecified atom stereocenters. The van der Waals surface area contributed by atoms with Crippen LogP contribution in [0.5, 0.6) is 5.75 Å². The predicted octanol–water partition coefficient (Wildman–Crippen LogP) is 6.46. The molecule has 1 atom stereocenters. The van der Waals surface area contributed by atoms with E-state index in [0.717, 1.165) is 31.9 Å². The van der Waals surface area contributed by atoms with Crippen molar-refractivity contribution in [2.24, 2.45) is 5.92 Å². The Morgan fingerprint density at radius 2 is 1.54 bits per heavy atom. The molecule has 4 rings (SSSR count). The highest BCUT2D eigenvalue weighted by Gasteiger charge is 2.28. The van der Waals surface area contributed by atoms with Gasteiger partial charge in [-0.3, -0.25) is 4.90 Å². The SMILES string of the molecule is CC(C)CCN(c1ccc(OCc2ccccc2)cc1)C1CCN(Cc2ccc(N(C)C)cc2)C1. The summed E-state index contributed by atoms with van der Waals surface area (Å²) < 4.78 is 6.03. The molecule has 186 valence electrons. The van der Waals surface area contributed by atoms with Crippen LogP contribution in [0.2, 0.25) is 0 Å². The Bertz CT molecular complexity index is 1020. The molecule has 35 heavy (non-hydrogen) atoms. The summed E-state index contributed by atoms with van der Waals surface area (Å²) >= 11 is 0. The van der Waals surface area contributed by atoms with E-state index in [-0.39, 0.29) is 0 Å². The van der Waals surface area contributed by atoms with Crippen LogP contribution in [0.4, 0.5) is 11.4 Å². The molecular weight excluding hydrogens is 430 g/mol. The topological polar surface area (TPSA) is 19.0 Å². The minimum Gasteiger partial charge on any atom is -0.489 e. The van der Waals surface area contributed by atoms with Gasteiger partial charge in [0.05, 0.1) is 0 Å². The van der Waals surface area contributed by atoms with Gasteiger partial charge in [0, 0.05) is 57.7 Å². The fourth-order valence-electron chi connectivity index (χ4n) is 4.76. The predicted molar refractivity (Wildman–Crippen MR) is 148 cm³/mol. The van der Waals surface area contributed by atoms with Crippen LogP contribution in [-0.2, 0) is 13.2 Å². The molecule has 1 aliphatic rings. The van der Waals surface area contributed by atoms with Gasteiger partial charge < -0.3 is 14.5 Å². The molecule has 1 aliphatic heterocycles. The van der Waals surface area contributed by atoms with Gasteiger partial charge in [-0.15, -0.1) is 0 Å². The van der Waals surface area contributed by atoms with Crippen molar-refractivity contribution in [1.29, 1.82) is 0 Å². The van der Waals surface area contributed by atoms with E-state index in [4.69, 9.17) is 4.74 Å². The van der Waals surface area contributed by atoms with E-state index < -0.39 is 0 Å². The monoisotopic (exact) mass is 471 g/mol. The van der Waals surface area contributed by atoms with Crippen LogP contribution in [0.1, 0.15) is 37.8 Å². The zero-order valence-electron chi connectivity index (χ0n) is 21.9. The second-order valence-corrected chi connectivity index (χ2v) is 10.4. The maximum Gasteiger partial charge on any atom is 0.119 e. The first kappa shape index (κ1) is 25.1. The van der Waals surface area contributed by atoms with Gasteiger partial charge in [-0.2, -0.15) is 0 Å². The van der Waals surface area contributed by atoms with Gasteiger partial charge in [-0.05, 0) is 66.3 Å². The van der Waals surface area contributed by atoms with Gasteiger partial charge >= 0.3 is 0 Å². The molecule has 0 N–H and O–H groups in total. The third-order valence-electron chi connectivity index (χ3n) is 6.91. The van der Waals surface area contributed by atoms with E-state index in [2.05, 4.69) is 115 Å². The maximum absolute atomic E-state index is 6.03. The highest BCUT2D eigenvalue weighted by molar-refractivity contribution is 5.50. The van der Waals surface area contributed by atoms with Crippen LogP contribution in [0.3, 0.4) is 0 Å². The van der Waals surface area contributed by atoms with Crippen LogP contribution in [0.15, 0.2) is 78.9 Å². The van der Waals surface area contributed by atoms with E-state index in [1.54, 1.807) is 0 Å². The van der Waals surface area contributed by atoms with Crippen molar-refractivity contribution in [2.75, 3.05) is 43.5 Å². The fraction of sp³-hybridized carbons (Fsp3) is 0.419. The zero-order valence-corrected chi connectivity index (χ0v) is 21.9. The Kier molecular flexibility index (Phi) is 8.70. The lowest BCUT2D eigenvalue weighted by Crippen LogP contribution is -2.38. The van der Waals surface area contributed by atoms with Crippen LogP contribution >= 0.6 is 0 Å². The molecule has 1 saturated heterocycles. The summed E-state index contributed by atoms with van der Waals surface area (Å²) in [5, 5.41) is 0. The first-order chi connectivity index (χ1) is 17.0. The number of rotatable bonds is 11. The number of likely N-dealkylation sites (tertiary alicyclic amines) is 1. The van der Waals surface area contributed by atoms with Crippen molar-refractivity contribution in [3.8, 4) is 5.75 Å². The number of hydrogen-bond acceptors (Lipinski definition) is 4. The van der Waals surface area contributed by atoms with Crippen LogP contribution in [0, 0.1) is 5.92 Å². The quantitative estimate of drug-likeness (QED) is 0.319. The van der Waals surface area contributed by atoms with Gasteiger partial charge in [0.1, 0.15) is 12.4 Å². The van der Waals surface area contributed by atoms with Gasteiger partial charge in [-0.1, -0.05) is 56.3 Å². The molecule has 0 amide bonds. The third-order valence-corrected chi connectivity index (χ3v) is 6.91. The average Bonchev–Trinajstić information content (AvgIpc) is 3.32. The Hall–Kier alpha value is -2.98. The van der Waals surface area contributed by atoms with E-state index in [1.165, 1.54) is 35.3 Å². The second kappa shape index (κ2) is 12.1. The van der Waals surface area contributed by atoms with Crippen molar-refractivity contribution in [2.45, 2.75) is 45.9 Å². The molecule has 3 aromatic carbocycles. The number of benzene rings is 3. The largest absolute Gasteiger partial charge is 0.489 e. The Morgan fingerprint density at radius 1 is 0.857 bits per heavy atom. The summed E-state index contributed by atoms with van der Waals surface area (Å²) in [7, 11) is 4.18. The van der Waals surface area contributed by atoms with E-state index in [0.29, 0.717) is 18.6 Å². The summed E-state index contributed by atoms with van der Waals surface area (Å²) in [6.45, 7) is 9.61. The molecule has 3 aromatic rings. The second-order valence-electron chi connectivity index (χ2n) is 10.4. The van der Waals surface area contributed by atoms with Crippen LogP contribution in [0.25, 0.3) is 0 Å². The third kappa shape index (κ3) is 7.25. The standard InChI is InChI=1S/C31H41N3O/c1-25(2)18-21-34(29-14-16-31(17-15-29)35-24-27-8-6-5-7-9-27)30-19-20-33(23-30)22-26-10-12-28(13-11-26)32(3)4/h5-17,25,30H,18-24H2,1-4H3. The number of anilines is 2. The normalized spacial score (nSPS) is 16.0. The zero-order chi connectivity index (χ0) is 24.6. The number of nitrogens with zero attached hydrogens (tertiary/aromatic N) is 3. The van der Waals surface area contributed by atoms with Gasteiger partial charge in [-0.25, -0.2) is 0 Å². The molecular formula is C31H41N3O. The Balaban J connectivity index is 1.38. The molecule has 1 heterocycles. The molecule has 0 aromatic heterocycles. The lowest BCUT2D eigenvalue weighted by molar-refractivity contribution is 0.306. The molecule has 0 radical (unpaired) electrons. The number of hydrogen-bond donors (Lipinski definition) is 0. The van der Waals surface area contributed by atoms with Crippen LogP contribution in [-0.4, -0.2) is 44.7 Å². The number of ether oxygens (including phenoxy) is 1. The molecule has 0 aliphatic carbocycles. The van der Waals surface area contributed by atoms with E-state index in [9.17, 15) is 0 Å². The van der Waals surface area contributed by atoms with Gasteiger partial charge in [0.2, 0.25) is 0 Å². The van der Waals surface area contributed by atoms with E-state index >= 15 is 0 Å². The summed E-state index contributed by atoms with van der Waals surface area (Å²) in [6.07, 6.45) is 2.41. The summed E-state index contributed by atoms with van der Waals surface area (Å²) in [6, 6.07) is 28.6. The Labute approximate surface area is 212 Å². The molecule has 4 nitrogen and oxygen atoms in total. The highest BCUT2D eigenvalue weighted by Crippen LogP contribution is 2.27. The van der Waals surface area contributed by atoms with E-state index in [1.807, 2.05) is 6.07 Å². The smallest absolute Gasteiger partial charge is 0.119 e. The average molecular weight is 472 g/mol. The summed E-state index contributed by atoms with van der Waals surface area (Å²) in [5.41, 5.74) is 5.14. The molecule has 0 bridgehead atoms. The lowest BCUT2D eigenvalue weighted by atomic mass is 10.1. The van der Waals surface area contributed by atoms with Crippen molar-refractivity contribution in [3.63, 3.8) is 0 Å². The van der Waals surface area contributed by atoms with Gasteiger partial charge in [0.15, 0.2) is 0 Å².